The van der Waals surface area contributed by atoms with Crippen LogP contribution in [-0.4, -0.2) is 27.3 Å². The lowest BCUT2D eigenvalue weighted by Crippen LogP contribution is -2.32. The highest BCUT2D eigenvalue weighted by molar-refractivity contribution is 5.97. The van der Waals surface area contributed by atoms with Crippen LogP contribution in [0.1, 0.15) is 40.4 Å². The number of benzene rings is 3. The van der Waals surface area contributed by atoms with Crippen molar-refractivity contribution in [2.24, 2.45) is 0 Å². The first-order valence-corrected chi connectivity index (χ1v) is 9.26. The topological polar surface area (TPSA) is 113 Å². The number of carboxylic acid groups (broad SMARTS) is 1. The summed E-state index contributed by atoms with van der Waals surface area (Å²) < 4.78 is 11.8. The number of carbonyl (C=O) groups excluding carboxylic acids is 1. The number of aromatic hydroxyl groups is 2. The number of esters is 1. The van der Waals surface area contributed by atoms with Crippen molar-refractivity contribution in [2.45, 2.75) is 18.9 Å². The smallest absolute Gasteiger partial charge is 0.340 e. The molecule has 152 valence electrons. The molecule has 0 radical (unpaired) electrons. The van der Waals surface area contributed by atoms with Crippen LogP contribution in [0, 0.1) is 0 Å². The second-order valence-corrected chi connectivity index (χ2v) is 6.83. The van der Waals surface area contributed by atoms with Gasteiger partial charge < -0.3 is 24.8 Å². The Hall–Kier alpha value is -4.00. The van der Waals surface area contributed by atoms with E-state index in [1.807, 2.05) is 12.1 Å². The summed E-state index contributed by atoms with van der Waals surface area (Å²) in [5.74, 6) is -0.337. The van der Waals surface area contributed by atoms with Crippen LogP contribution in [0.3, 0.4) is 0 Å². The Balaban J connectivity index is 0.000000393. The van der Waals surface area contributed by atoms with Crippen LogP contribution in [0.5, 0.6) is 23.0 Å². The lowest BCUT2D eigenvalue weighted by molar-refractivity contribution is -0.136. The second kappa shape index (κ2) is 7.11. The normalized spacial score (nSPS) is 14.4. The van der Waals surface area contributed by atoms with Crippen LogP contribution in [0.15, 0.2) is 60.7 Å². The molecule has 2 heterocycles. The van der Waals surface area contributed by atoms with Gasteiger partial charge in [-0.2, -0.15) is 0 Å². The van der Waals surface area contributed by atoms with Gasteiger partial charge in [0.15, 0.2) is 5.60 Å². The molecule has 7 nitrogen and oxygen atoms in total. The number of fused-ring (bicyclic) bond motifs is 6. The maximum absolute atomic E-state index is 12.5. The second-order valence-electron chi connectivity index (χ2n) is 6.83. The predicted molar refractivity (Wildman–Crippen MR) is 106 cm³/mol. The van der Waals surface area contributed by atoms with Gasteiger partial charge in [-0.1, -0.05) is 25.1 Å². The first-order valence-electron chi connectivity index (χ1n) is 9.26. The Bertz CT molecular complexity index is 1110. The standard InChI is InChI=1S/C20H12O5.C3H6O2/c21-11-5-7-15-17(9-11)24-18-10-12(22)6-8-16(18)20(15)14-4-2-1-3-13(14)19(23)25-20;1-2-3(4)5/h1-10,21-22H;2H2,1H3,(H,4,5). The summed E-state index contributed by atoms with van der Waals surface area (Å²) in [6.07, 6.45) is 0.222. The summed E-state index contributed by atoms with van der Waals surface area (Å²) in [7, 11) is 0. The van der Waals surface area contributed by atoms with Gasteiger partial charge >= 0.3 is 11.9 Å². The number of hydrogen-bond donors (Lipinski definition) is 3. The van der Waals surface area contributed by atoms with Gasteiger partial charge in [0, 0.05) is 35.2 Å². The van der Waals surface area contributed by atoms with Crippen molar-refractivity contribution in [3.05, 3.63) is 82.9 Å². The molecular weight excluding hydrogens is 388 g/mol. The minimum atomic E-state index is -1.17. The number of ether oxygens (including phenoxy) is 2. The van der Waals surface area contributed by atoms with Crippen molar-refractivity contribution < 1.29 is 34.4 Å². The zero-order valence-corrected chi connectivity index (χ0v) is 16.0. The van der Waals surface area contributed by atoms with E-state index in [1.165, 1.54) is 24.3 Å². The zero-order chi connectivity index (χ0) is 21.5. The van der Waals surface area contributed by atoms with E-state index in [4.69, 9.17) is 14.6 Å². The maximum Gasteiger partial charge on any atom is 0.340 e. The summed E-state index contributed by atoms with van der Waals surface area (Å²) >= 11 is 0. The molecule has 2 aliphatic rings. The van der Waals surface area contributed by atoms with E-state index in [0.29, 0.717) is 33.8 Å². The summed E-state index contributed by atoms with van der Waals surface area (Å²) in [6, 6.07) is 16.6. The van der Waals surface area contributed by atoms with Crippen LogP contribution in [0.25, 0.3) is 0 Å². The Labute approximate surface area is 171 Å². The van der Waals surface area contributed by atoms with Gasteiger partial charge in [0.05, 0.1) is 5.56 Å². The third kappa shape index (κ3) is 2.91. The minimum absolute atomic E-state index is 0.0371. The van der Waals surface area contributed by atoms with Crippen LogP contribution >= 0.6 is 0 Å². The Morgan fingerprint density at radius 3 is 1.97 bits per heavy atom. The maximum atomic E-state index is 12.5. The molecule has 0 aliphatic carbocycles. The van der Waals surface area contributed by atoms with E-state index in [9.17, 15) is 19.8 Å². The quantitative estimate of drug-likeness (QED) is 0.520. The molecule has 0 saturated carbocycles. The van der Waals surface area contributed by atoms with Gasteiger partial charge in [-0.15, -0.1) is 0 Å². The van der Waals surface area contributed by atoms with E-state index >= 15 is 0 Å². The van der Waals surface area contributed by atoms with Crippen molar-refractivity contribution in [1.82, 2.24) is 0 Å². The monoisotopic (exact) mass is 406 g/mol. The minimum Gasteiger partial charge on any atom is -0.508 e. The Kier molecular flexibility index (Phi) is 4.58. The molecule has 0 bridgehead atoms. The molecular formula is C23H18O7. The van der Waals surface area contributed by atoms with Crippen LogP contribution in [-0.2, 0) is 15.1 Å². The van der Waals surface area contributed by atoms with Crippen LogP contribution in [0.4, 0.5) is 0 Å². The number of carboxylic acids is 1. The summed E-state index contributed by atoms with van der Waals surface area (Å²) in [5, 5.41) is 27.4. The molecule has 0 aromatic heterocycles. The summed E-state index contributed by atoms with van der Waals surface area (Å²) in [5.41, 5.74) is 1.28. The van der Waals surface area contributed by atoms with Crippen molar-refractivity contribution in [1.29, 1.82) is 0 Å². The van der Waals surface area contributed by atoms with E-state index in [-0.39, 0.29) is 17.9 Å². The first-order chi connectivity index (χ1) is 14.4. The van der Waals surface area contributed by atoms with Crippen LogP contribution in [0.2, 0.25) is 0 Å². The Morgan fingerprint density at radius 1 is 0.900 bits per heavy atom. The molecule has 0 fully saturated rings. The van der Waals surface area contributed by atoms with E-state index in [2.05, 4.69) is 0 Å². The average molecular weight is 406 g/mol. The molecule has 3 aromatic rings. The molecule has 3 N–H and O–H groups in total. The van der Waals surface area contributed by atoms with Gasteiger partial charge in [0.1, 0.15) is 23.0 Å². The highest BCUT2D eigenvalue weighted by Crippen LogP contribution is 2.56. The molecule has 0 amide bonds. The highest BCUT2D eigenvalue weighted by Gasteiger charge is 2.53. The summed E-state index contributed by atoms with van der Waals surface area (Å²) in [4.78, 5) is 21.9. The van der Waals surface area contributed by atoms with Crippen molar-refractivity contribution in [3.8, 4) is 23.0 Å². The fourth-order valence-electron chi connectivity index (χ4n) is 3.65. The number of carbonyl (C=O) groups is 2. The molecule has 3 aromatic carbocycles. The number of phenolic OH excluding ortho intramolecular Hbond substituents is 2. The number of aliphatic carboxylic acids is 1. The van der Waals surface area contributed by atoms with Crippen LogP contribution < -0.4 is 4.74 Å². The average Bonchev–Trinajstić information content (AvgIpc) is 3.01. The number of hydrogen-bond acceptors (Lipinski definition) is 6. The molecule has 0 atom stereocenters. The summed E-state index contributed by atoms with van der Waals surface area (Å²) in [6.45, 7) is 1.60. The van der Waals surface area contributed by atoms with Crippen molar-refractivity contribution >= 4 is 11.9 Å². The molecule has 2 aliphatic heterocycles. The number of phenols is 2. The lowest BCUT2D eigenvalue weighted by atomic mass is 9.77. The van der Waals surface area contributed by atoms with E-state index in [0.717, 1.165) is 0 Å². The molecule has 7 heteroatoms. The third-order valence-electron chi connectivity index (χ3n) is 4.98. The first kappa shape index (κ1) is 19.3. The van der Waals surface area contributed by atoms with E-state index in [1.54, 1.807) is 31.2 Å². The predicted octanol–water partition coefficient (Wildman–Crippen LogP) is 4.15. The molecule has 0 saturated heterocycles. The zero-order valence-electron chi connectivity index (χ0n) is 16.0. The van der Waals surface area contributed by atoms with Gasteiger partial charge in [-0.25, -0.2) is 4.79 Å². The number of rotatable bonds is 1. The molecule has 1 spiro atoms. The van der Waals surface area contributed by atoms with E-state index < -0.39 is 17.5 Å². The molecule has 0 unspecified atom stereocenters. The highest BCUT2D eigenvalue weighted by atomic mass is 16.6. The largest absolute Gasteiger partial charge is 0.508 e. The fourth-order valence-corrected chi connectivity index (χ4v) is 3.65. The lowest BCUT2D eigenvalue weighted by Gasteiger charge is -2.36. The van der Waals surface area contributed by atoms with Gasteiger partial charge in [0.25, 0.3) is 0 Å². The molecule has 5 rings (SSSR count). The molecule has 30 heavy (non-hydrogen) atoms. The van der Waals surface area contributed by atoms with Gasteiger partial charge in [-0.3, -0.25) is 4.79 Å². The van der Waals surface area contributed by atoms with Crippen molar-refractivity contribution in [2.75, 3.05) is 0 Å². The Morgan fingerprint density at radius 2 is 1.43 bits per heavy atom. The fraction of sp³-hybridized carbons (Fsp3) is 0.130. The van der Waals surface area contributed by atoms with Crippen molar-refractivity contribution in [3.63, 3.8) is 0 Å². The van der Waals surface area contributed by atoms with Gasteiger partial charge in [-0.05, 0) is 30.3 Å². The SMILES string of the molecule is CCC(=O)O.O=C1OC2(c3ccc(O)cc3Oc3cc(O)ccc32)c2ccccc21. The van der Waals surface area contributed by atoms with Gasteiger partial charge in [0.2, 0.25) is 0 Å². The third-order valence-corrected chi connectivity index (χ3v) is 4.98.